The van der Waals surface area contributed by atoms with Gasteiger partial charge in [-0.05, 0) is 27.7 Å². The molecule has 1 atom stereocenters. The summed E-state index contributed by atoms with van der Waals surface area (Å²) in [5.74, 6) is 0.0949. The van der Waals surface area contributed by atoms with Gasteiger partial charge in [0.2, 0.25) is 0 Å². The molecule has 1 heterocycles. The lowest BCUT2D eigenvalue weighted by atomic mass is 10.1. The molecule has 0 fully saturated rings. The van der Waals surface area contributed by atoms with Crippen LogP contribution >= 0.6 is 0 Å². The van der Waals surface area contributed by atoms with Crippen molar-refractivity contribution in [2.45, 2.75) is 39.3 Å². The van der Waals surface area contributed by atoms with Gasteiger partial charge in [0, 0.05) is 5.54 Å². The second-order valence-electron chi connectivity index (χ2n) is 3.82. The fourth-order valence-electron chi connectivity index (χ4n) is 0.992. The van der Waals surface area contributed by atoms with Crippen molar-refractivity contribution in [1.29, 1.82) is 0 Å². The van der Waals surface area contributed by atoms with Gasteiger partial charge in [0.05, 0.1) is 6.34 Å². The number of hydrogen-bond acceptors (Lipinski definition) is 2. The molecule has 0 saturated heterocycles. The fraction of sp³-hybridized carbons (Fsp3) is 0.750. The summed E-state index contributed by atoms with van der Waals surface area (Å²) in [5.41, 5.74) is -0.134. The number of aliphatic imine (C=N–C) groups is 1. The van der Waals surface area contributed by atoms with E-state index in [1.54, 1.807) is 11.2 Å². The van der Waals surface area contributed by atoms with Crippen molar-refractivity contribution in [3.63, 3.8) is 0 Å². The Morgan fingerprint density at radius 1 is 1.55 bits per heavy atom. The number of amides is 1. The lowest BCUT2D eigenvalue weighted by molar-refractivity contribution is -0.129. The van der Waals surface area contributed by atoms with Gasteiger partial charge in [0.15, 0.2) is 0 Å². The normalized spacial score (nSPS) is 24.9. The molecule has 0 bridgehead atoms. The van der Waals surface area contributed by atoms with Gasteiger partial charge in [-0.25, -0.2) is 0 Å². The van der Waals surface area contributed by atoms with Crippen molar-refractivity contribution >= 4 is 12.2 Å². The number of carbonyl (C=O) groups is 1. The Hall–Kier alpha value is -0.860. The maximum absolute atomic E-state index is 11.4. The van der Waals surface area contributed by atoms with E-state index in [1.165, 1.54) is 0 Å². The molecule has 0 radical (unpaired) electrons. The maximum Gasteiger partial charge on any atom is 0.252 e. The van der Waals surface area contributed by atoms with E-state index in [2.05, 4.69) is 4.99 Å². The van der Waals surface area contributed by atoms with Crippen LogP contribution in [0.1, 0.15) is 27.7 Å². The first-order valence-electron chi connectivity index (χ1n) is 3.79. The van der Waals surface area contributed by atoms with E-state index in [-0.39, 0.29) is 17.5 Å². The van der Waals surface area contributed by atoms with Crippen LogP contribution in [0.3, 0.4) is 0 Å². The van der Waals surface area contributed by atoms with Crippen molar-refractivity contribution in [2.24, 2.45) is 4.99 Å². The van der Waals surface area contributed by atoms with E-state index in [4.69, 9.17) is 0 Å². The van der Waals surface area contributed by atoms with Crippen molar-refractivity contribution in [1.82, 2.24) is 4.90 Å². The van der Waals surface area contributed by atoms with E-state index < -0.39 is 0 Å². The SMILES string of the molecule is C[C@@H]1N=CN(C(C)(C)C)C1=O. The molecule has 0 spiro atoms. The monoisotopic (exact) mass is 154 g/mol. The molecule has 0 unspecified atom stereocenters. The minimum atomic E-state index is -0.186. The Labute approximate surface area is 67.1 Å². The summed E-state index contributed by atoms with van der Waals surface area (Å²) in [7, 11) is 0. The molecule has 1 aliphatic heterocycles. The average molecular weight is 154 g/mol. The van der Waals surface area contributed by atoms with Crippen LogP contribution in [-0.2, 0) is 4.79 Å². The van der Waals surface area contributed by atoms with Crippen LogP contribution in [0.15, 0.2) is 4.99 Å². The smallest absolute Gasteiger partial charge is 0.252 e. The summed E-state index contributed by atoms with van der Waals surface area (Å²) in [6.45, 7) is 7.80. The minimum absolute atomic E-state index is 0.0949. The first-order chi connectivity index (χ1) is 4.93. The van der Waals surface area contributed by atoms with Crippen molar-refractivity contribution < 1.29 is 4.79 Å². The van der Waals surface area contributed by atoms with Crippen molar-refractivity contribution in [3.8, 4) is 0 Å². The Morgan fingerprint density at radius 3 is 2.27 bits per heavy atom. The van der Waals surface area contributed by atoms with Gasteiger partial charge < -0.3 is 0 Å². The van der Waals surface area contributed by atoms with E-state index in [0.29, 0.717) is 0 Å². The zero-order valence-electron chi connectivity index (χ0n) is 7.46. The Kier molecular flexibility index (Phi) is 1.74. The summed E-state index contributed by atoms with van der Waals surface area (Å²) >= 11 is 0. The van der Waals surface area contributed by atoms with Gasteiger partial charge in [0.1, 0.15) is 6.04 Å². The first kappa shape index (κ1) is 8.24. The van der Waals surface area contributed by atoms with Crippen molar-refractivity contribution in [3.05, 3.63) is 0 Å². The highest BCUT2D eigenvalue weighted by molar-refractivity contribution is 5.97. The third-order valence-corrected chi connectivity index (χ3v) is 1.72. The molecular weight excluding hydrogens is 140 g/mol. The Balaban J connectivity index is 2.79. The highest BCUT2D eigenvalue weighted by atomic mass is 16.2. The second-order valence-corrected chi connectivity index (χ2v) is 3.82. The van der Waals surface area contributed by atoms with Crippen LogP contribution in [0.4, 0.5) is 0 Å². The molecule has 0 aromatic heterocycles. The lowest BCUT2D eigenvalue weighted by Crippen LogP contribution is -2.43. The van der Waals surface area contributed by atoms with Gasteiger partial charge in [-0.15, -0.1) is 0 Å². The third-order valence-electron chi connectivity index (χ3n) is 1.72. The molecule has 0 aliphatic carbocycles. The van der Waals surface area contributed by atoms with Crippen LogP contribution in [0.2, 0.25) is 0 Å². The zero-order chi connectivity index (χ0) is 8.65. The molecule has 1 aliphatic rings. The fourth-order valence-corrected chi connectivity index (χ4v) is 0.992. The summed E-state index contributed by atoms with van der Waals surface area (Å²) in [4.78, 5) is 17.0. The summed E-state index contributed by atoms with van der Waals surface area (Å²) < 4.78 is 0. The molecule has 3 heteroatoms. The standard InChI is InChI=1S/C8H14N2O/c1-6-7(11)10(5-9-6)8(2,3)4/h5-6H,1-4H3/t6-/m0/s1. The van der Waals surface area contributed by atoms with Crippen LogP contribution in [0.25, 0.3) is 0 Å². The van der Waals surface area contributed by atoms with Gasteiger partial charge >= 0.3 is 0 Å². The molecule has 1 rings (SSSR count). The summed E-state index contributed by atoms with van der Waals surface area (Å²) in [5, 5.41) is 0. The predicted molar refractivity (Wildman–Crippen MR) is 44.6 cm³/mol. The minimum Gasteiger partial charge on any atom is -0.296 e. The van der Waals surface area contributed by atoms with E-state index in [0.717, 1.165) is 0 Å². The zero-order valence-corrected chi connectivity index (χ0v) is 7.46. The third kappa shape index (κ3) is 1.42. The van der Waals surface area contributed by atoms with E-state index >= 15 is 0 Å². The number of hydrogen-bond donors (Lipinski definition) is 0. The molecule has 0 saturated carbocycles. The highest BCUT2D eigenvalue weighted by Crippen LogP contribution is 2.17. The largest absolute Gasteiger partial charge is 0.296 e. The van der Waals surface area contributed by atoms with Gasteiger partial charge in [-0.1, -0.05) is 0 Å². The molecule has 0 N–H and O–H groups in total. The lowest BCUT2D eigenvalue weighted by Gasteiger charge is -2.29. The maximum atomic E-state index is 11.4. The highest BCUT2D eigenvalue weighted by Gasteiger charge is 2.32. The van der Waals surface area contributed by atoms with Crippen LogP contribution in [0, 0.1) is 0 Å². The number of rotatable bonds is 0. The Morgan fingerprint density at radius 2 is 2.09 bits per heavy atom. The molecule has 1 amide bonds. The summed E-state index contributed by atoms with van der Waals surface area (Å²) in [6, 6.07) is -0.186. The van der Waals surface area contributed by atoms with E-state index in [1.807, 2.05) is 27.7 Å². The van der Waals surface area contributed by atoms with Gasteiger partial charge in [-0.2, -0.15) is 0 Å². The predicted octanol–water partition coefficient (Wildman–Crippen LogP) is 1.04. The van der Waals surface area contributed by atoms with Crippen LogP contribution < -0.4 is 0 Å². The molecular formula is C8H14N2O. The Bertz CT molecular complexity index is 203. The quantitative estimate of drug-likeness (QED) is 0.513. The van der Waals surface area contributed by atoms with Crippen LogP contribution in [0.5, 0.6) is 0 Å². The van der Waals surface area contributed by atoms with Gasteiger partial charge in [0.25, 0.3) is 5.91 Å². The average Bonchev–Trinajstić information content (AvgIpc) is 2.11. The van der Waals surface area contributed by atoms with E-state index in [9.17, 15) is 4.79 Å². The number of nitrogens with zero attached hydrogens (tertiary/aromatic N) is 2. The molecule has 0 aromatic carbocycles. The molecule has 62 valence electrons. The summed E-state index contributed by atoms with van der Waals surface area (Å²) in [6.07, 6.45) is 1.63. The topological polar surface area (TPSA) is 32.7 Å². The van der Waals surface area contributed by atoms with Gasteiger partial charge in [-0.3, -0.25) is 14.7 Å². The van der Waals surface area contributed by atoms with Crippen LogP contribution in [-0.4, -0.2) is 28.7 Å². The second kappa shape index (κ2) is 2.32. The molecule has 3 nitrogen and oxygen atoms in total. The molecule has 11 heavy (non-hydrogen) atoms. The number of carbonyl (C=O) groups excluding carboxylic acids is 1. The first-order valence-corrected chi connectivity index (χ1v) is 3.79. The molecule has 0 aromatic rings. The van der Waals surface area contributed by atoms with Crippen molar-refractivity contribution in [2.75, 3.05) is 0 Å².